The van der Waals surface area contributed by atoms with Crippen molar-refractivity contribution in [2.45, 2.75) is 84.7 Å². The molecule has 0 fully saturated rings. The lowest BCUT2D eigenvalue weighted by molar-refractivity contribution is 0.333. The SMILES string of the molecule is CCCC[Si](C)(C)O[SiH](C)O[SiH](C)O[SiH](C)O[SiH](C)O[Si](C)(C)C. The smallest absolute Gasteiger partial charge is 0.300 e. The molecule has 0 saturated carbocycles. The van der Waals surface area contributed by atoms with Crippen LogP contribution in [0.3, 0.4) is 0 Å². The summed E-state index contributed by atoms with van der Waals surface area (Å²) in [6.45, 7) is 21.8. The predicted octanol–water partition coefficient (Wildman–Crippen LogP) is 3.31. The summed E-state index contributed by atoms with van der Waals surface area (Å²) in [4.78, 5) is 0. The molecule has 0 saturated heterocycles. The normalized spacial score (nSPS) is 18.2. The molecule has 4 atom stereocenters. The van der Waals surface area contributed by atoms with Crippen molar-refractivity contribution in [1.29, 1.82) is 0 Å². The Morgan fingerprint density at radius 1 is 0.667 bits per heavy atom. The van der Waals surface area contributed by atoms with E-state index in [1.165, 1.54) is 18.9 Å². The molecule has 0 aromatic carbocycles. The van der Waals surface area contributed by atoms with Gasteiger partial charge < -0.3 is 20.6 Å². The third-order valence-corrected chi connectivity index (χ3v) is 22.1. The first-order chi connectivity index (χ1) is 10.8. The minimum absolute atomic E-state index is 1.21. The van der Waals surface area contributed by atoms with Crippen molar-refractivity contribution in [1.82, 2.24) is 0 Å². The van der Waals surface area contributed by atoms with E-state index >= 15 is 0 Å². The second kappa shape index (κ2) is 11.7. The van der Waals surface area contributed by atoms with Crippen LogP contribution in [0.15, 0.2) is 0 Å². The summed E-state index contributed by atoms with van der Waals surface area (Å²) in [5.74, 6) is 0. The molecule has 0 spiro atoms. The zero-order chi connectivity index (χ0) is 19.0. The van der Waals surface area contributed by atoms with Crippen LogP contribution < -0.4 is 0 Å². The Bertz CT molecular complexity index is 341. The fourth-order valence-corrected chi connectivity index (χ4v) is 21.4. The molecule has 0 radical (unpaired) electrons. The molecule has 0 aromatic heterocycles. The van der Waals surface area contributed by atoms with Crippen LogP contribution in [0.1, 0.15) is 19.8 Å². The largest absolute Gasteiger partial charge is 0.439 e. The van der Waals surface area contributed by atoms with E-state index in [-0.39, 0.29) is 0 Å². The molecule has 0 aliphatic rings. The molecular formula is C13H40O5Si6. The maximum Gasteiger partial charge on any atom is 0.300 e. The van der Waals surface area contributed by atoms with Crippen molar-refractivity contribution >= 4 is 53.8 Å². The maximum atomic E-state index is 6.31. The molecule has 0 aromatic rings. The summed E-state index contributed by atoms with van der Waals surface area (Å²) >= 11 is 0. The van der Waals surface area contributed by atoms with Gasteiger partial charge in [0, 0.05) is 0 Å². The van der Waals surface area contributed by atoms with Gasteiger partial charge in [-0.1, -0.05) is 19.8 Å². The Kier molecular flexibility index (Phi) is 12.3. The van der Waals surface area contributed by atoms with Crippen molar-refractivity contribution in [3.63, 3.8) is 0 Å². The van der Waals surface area contributed by atoms with Crippen LogP contribution in [0.4, 0.5) is 0 Å². The van der Waals surface area contributed by atoms with Gasteiger partial charge in [-0.25, -0.2) is 0 Å². The molecular weight excluding hydrogens is 405 g/mol. The van der Waals surface area contributed by atoms with E-state index in [0.29, 0.717) is 0 Å². The Morgan fingerprint density at radius 3 is 1.50 bits per heavy atom. The lowest BCUT2D eigenvalue weighted by Gasteiger charge is -2.30. The molecule has 11 heteroatoms. The zero-order valence-corrected chi connectivity index (χ0v) is 24.1. The van der Waals surface area contributed by atoms with E-state index in [9.17, 15) is 0 Å². The van der Waals surface area contributed by atoms with Crippen molar-refractivity contribution < 1.29 is 20.6 Å². The zero-order valence-electron chi connectivity index (χ0n) is 17.5. The van der Waals surface area contributed by atoms with Crippen molar-refractivity contribution in [3.8, 4) is 0 Å². The lowest BCUT2D eigenvalue weighted by Crippen LogP contribution is -2.43. The predicted molar refractivity (Wildman–Crippen MR) is 118 cm³/mol. The van der Waals surface area contributed by atoms with E-state index < -0.39 is 53.8 Å². The Balaban J connectivity index is 4.16. The first-order valence-corrected chi connectivity index (χ1v) is 24.1. The highest BCUT2D eigenvalue weighted by Gasteiger charge is 2.28. The number of unbranched alkanes of at least 4 members (excludes halogenated alkanes) is 1. The third-order valence-electron chi connectivity index (χ3n) is 3.29. The summed E-state index contributed by atoms with van der Waals surface area (Å²) in [7, 11) is -9.61. The highest BCUT2D eigenvalue weighted by molar-refractivity contribution is 6.79. The highest BCUT2D eigenvalue weighted by atomic mass is 28.5. The summed E-state index contributed by atoms with van der Waals surface area (Å²) in [5, 5.41) is 0. The molecule has 0 heterocycles. The molecule has 0 bridgehead atoms. The summed E-state index contributed by atoms with van der Waals surface area (Å²) in [6, 6.07) is 1.21. The molecule has 0 rings (SSSR count). The summed E-state index contributed by atoms with van der Waals surface area (Å²) < 4.78 is 30.6. The molecule has 24 heavy (non-hydrogen) atoms. The number of hydrogen-bond acceptors (Lipinski definition) is 5. The average Bonchev–Trinajstić information content (AvgIpc) is 2.32. The van der Waals surface area contributed by atoms with E-state index in [0.717, 1.165) is 0 Å². The third kappa shape index (κ3) is 14.3. The van der Waals surface area contributed by atoms with E-state index in [4.69, 9.17) is 20.6 Å². The van der Waals surface area contributed by atoms with Gasteiger partial charge in [0.2, 0.25) is 0 Å². The first-order valence-electron chi connectivity index (χ1n) is 9.16. The minimum atomic E-state index is -1.67. The fraction of sp³-hybridized carbons (Fsp3) is 1.00. The van der Waals surface area contributed by atoms with E-state index in [2.05, 4.69) is 65.8 Å². The molecule has 5 nitrogen and oxygen atoms in total. The molecule has 0 aliphatic carbocycles. The van der Waals surface area contributed by atoms with Gasteiger partial charge in [0.25, 0.3) is 37.1 Å². The molecule has 0 N–H and O–H groups in total. The van der Waals surface area contributed by atoms with Crippen LogP contribution in [-0.4, -0.2) is 53.8 Å². The topological polar surface area (TPSA) is 46.2 Å². The molecule has 0 amide bonds. The van der Waals surface area contributed by atoms with Crippen LogP contribution in [-0.2, 0) is 20.6 Å². The highest BCUT2D eigenvalue weighted by Crippen LogP contribution is 2.17. The first kappa shape index (κ1) is 25.1. The lowest BCUT2D eigenvalue weighted by atomic mass is 10.4. The Labute approximate surface area is 159 Å². The average molecular weight is 445 g/mol. The van der Waals surface area contributed by atoms with Gasteiger partial charge >= 0.3 is 0 Å². The van der Waals surface area contributed by atoms with Crippen LogP contribution in [0.25, 0.3) is 0 Å². The Morgan fingerprint density at radius 2 is 1.08 bits per heavy atom. The van der Waals surface area contributed by atoms with Gasteiger partial charge in [0.1, 0.15) is 0 Å². The van der Waals surface area contributed by atoms with Crippen molar-refractivity contribution in [2.24, 2.45) is 0 Å². The van der Waals surface area contributed by atoms with Crippen LogP contribution in [0, 0.1) is 0 Å². The number of hydrogen-bond donors (Lipinski definition) is 0. The van der Waals surface area contributed by atoms with Crippen molar-refractivity contribution in [2.75, 3.05) is 0 Å². The standard InChI is InChI=1S/C13H40O5Si6/c1-11-12-13-24(9,10)18-22(5)16-20(3)14-19(2)15-21(4)17-23(6,7)8/h19-22H,11-13H2,1-10H3. The van der Waals surface area contributed by atoms with Gasteiger partial charge in [0.05, 0.1) is 0 Å². The monoisotopic (exact) mass is 444 g/mol. The van der Waals surface area contributed by atoms with Crippen LogP contribution in [0.5, 0.6) is 0 Å². The van der Waals surface area contributed by atoms with Gasteiger partial charge in [-0.3, -0.25) is 0 Å². The molecule has 0 aliphatic heterocycles. The fourth-order valence-electron chi connectivity index (χ4n) is 2.54. The molecule has 146 valence electrons. The summed E-state index contributed by atoms with van der Waals surface area (Å²) in [5.41, 5.74) is 0. The van der Waals surface area contributed by atoms with Gasteiger partial charge in [-0.05, 0) is 65.0 Å². The quantitative estimate of drug-likeness (QED) is 0.408. The van der Waals surface area contributed by atoms with Crippen molar-refractivity contribution in [3.05, 3.63) is 0 Å². The van der Waals surface area contributed by atoms with Gasteiger partial charge in [-0.15, -0.1) is 0 Å². The van der Waals surface area contributed by atoms with Gasteiger partial charge in [-0.2, -0.15) is 0 Å². The number of rotatable bonds is 13. The van der Waals surface area contributed by atoms with E-state index in [1.807, 2.05) is 0 Å². The second-order valence-corrected chi connectivity index (χ2v) is 25.8. The molecule has 4 unspecified atom stereocenters. The van der Waals surface area contributed by atoms with E-state index in [1.54, 1.807) is 0 Å². The second-order valence-electron chi connectivity index (χ2n) is 7.89. The minimum Gasteiger partial charge on any atom is -0.439 e. The Hall–Kier alpha value is 1.10. The maximum absolute atomic E-state index is 6.31. The summed E-state index contributed by atoms with van der Waals surface area (Å²) in [6.07, 6.45) is 2.48. The van der Waals surface area contributed by atoms with Crippen LogP contribution in [0.2, 0.25) is 65.0 Å². The van der Waals surface area contributed by atoms with Crippen LogP contribution >= 0.6 is 0 Å². The van der Waals surface area contributed by atoms with Gasteiger partial charge in [0.15, 0.2) is 16.6 Å².